The van der Waals surface area contributed by atoms with Crippen molar-refractivity contribution < 1.29 is 14.3 Å². The van der Waals surface area contributed by atoms with Gasteiger partial charge in [0.1, 0.15) is 11.8 Å². The Labute approximate surface area is 259 Å². The van der Waals surface area contributed by atoms with Gasteiger partial charge in [-0.1, -0.05) is 72.0 Å². The van der Waals surface area contributed by atoms with Gasteiger partial charge >= 0.3 is 5.97 Å². The number of allylic oxidation sites excluding steroid dienone is 1. The predicted molar refractivity (Wildman–Crippen MR) is 174 cm³/mol. The fraction of sp³-hybridized carbons (Fsp3) is 0.194. The molecule has 222 valence electrons. The van der Waals surface area contributed by atoms with Crippen LogP contribution in [0.3, 0.4) is 0 Å². The average Bonchev–Trinajstić information content (AvgIpc) is 3.50. The summed E-state index contributed by atoms with van der Waals surface area (Å²) in [6.45, 7) is 7.87. The van der Waals surface area contributed by atoms with Crippen molar-refractivity contribution >= 4 is 23.4 Å². The van der Waals surface area contributed by atoms with Gasteiger partial charge in [0, 0.05) is 22.6 Å². The van der Waals surface area contributed by atoms with Gasteiger partial charge in [-0.05, 0) is 74.7 Å². The zero-order valence-electron chi connectivity index (χ0n) is 25.3. The van der Waals surface area contributed by atoms with Crippen LogP contribution >= 0.6 is 11.3 Å². The molecule has 3 aromatic carbocycles. The van der Waals surface area contributed by atoms with Crippen LogP contribution in [-0.4, -0.2) is 28.8 Å². The lowest BCUT2D eigenvalue weighted by Gasteiger charge is -2.25. The van der Waals surface area contributed by atoms with Crippen LogP contribution in [0.4, 0.5) is 0 Å². The number of thiazole rings is 1. The van der Waals surface area contributed by atoms with Crippen LogP contribution in [0.15, 0.2) is 106 Å². The fourth-order valence-electron chi connectivity index (χ4n) is 5.88. The number of rotatable bonds is 7. The molecular weight excluding hydrogens is 570 g/mol. The van der Waals surface area contributed by atoms with Crippen molar-refractivity contribution in [1.82, 2.24) is 9.13 Å². The summed E-state index contributed by atoms with van der Waals surface area (Å²) in [6, 6.07) is 27.6. The van der Waals surface area contributed by atoms with Crippen LogP contribution in [0.5, 0.6) is 5.75 Å². The molecule has 6 rings (SSSR count). The summed E-state index contributed by atoms with van der Waals surface area (Å²) in [6.07, 6.45) is 1.92. The average molecular weight is 604 g/mol. The fourth-order valence-corrected chi connectivity index (χ4v) is 6.92. The Hall–Kier alpha value is -4.95. The molecule has 5 aromatic rings. The summed E-state index contributed by atoms with van der Waals surface area (Å²) in [7, 11) is 1.58. The van der Waals surface area contributed by atoms with Gasteiger partial charge < -0.3 is 14.0 Å². The van der Waals surface area contributed by atoms with E-state index in [1.165, 1.54) is 16.9 Å². The number of carbonyl (C=O) groups is 1. The van der Waals surface area contributed by atoms with Gasteiger partial charge in [0.25, 0.3) is 5.56 Å². The van der Waals surface area contributed by atoms with Crippen LogP contribution in [0, 0.1) is 13.8 Å². The Kier molecular flexibility index (Phi) is 7.93. The summed E-state index contributed by atoms with van der Waals surface area (Å²) < 4.78 is 15.4. The standard InChI is InChI=1S/C36H33N3O4S/c1-6-43-35(41)32-23(3)37-36-39(33(32)29-14-10-11-15-30(29)42-5)34(40)31(44-36)21-27-20-22(2)38(24(27)4)28-18-16-26(17-19-28)25-12-8-7-9-13-25/h7-21,33H,6H2,1-5H3/b31-21+. The normalized spacial score (nSPS) is 14.8. The summed E-state index contributed by atoms with van der Waals surface area (Å²) >= 11 is 1.31. The molecule has 0 aliphatic carbocycles. The van der Waals surface area contributed by atoms with Crippen molar-refractivity contribution in [2.24, 2.45) is 4.99 Å². The molecule has 1 unspecified atom stereocenters. The minimum atomic E-state index is -0.737. The maximum atomic E-state index is 14.1. The second-order valence-corrected chi connectivity index (χ2v) is 11.6. The third kappa shape index (κ3) is 5.11. The van der Waals surface area contributed by atoms with E-state index in [1.807, 2.05) is 48.5 Å². The van der Waals surface area contributed by atoms with Crippen molar-refractivity contribution in [1.29, 1.82) is 0 Å². The van der Waals surface area contributed by atoms with Gasteiger partial charge in [0.15, 0.2) is 4.80 Å². The van der Waals surface area contributed by atoms with E-state index < -0.39 is 12.0 Å². The molecule has 0 spiro atoms. The third-order valence-corrected chi connectivity index (χ3v) is 8.92. The number of aromatic nitrogens is 2. The van der Waals surface area contributed by atoms with Crippen molar-refractivity contribution in [3.63, 3.8) is 0 Å². The lowest BCUT2D eigenvalue weighted by Crippen LogP contribution is -2.40. The number of ether oxygens (including phenoxy) is 2. The molecule has 0 saturated heterocycles. The van der Waals surface area contributed by atoms with E-state index in [1.54, 1.807) is 25.5 Å². The lowest BCUT2D eigenvalue weighted by atomic mass is 9.95. The zero-order chi connectivity index (χ0) is 31.0. The molecule has 1 aliphatic rings. The highest BCUT2D eigenvalue weighted by atomic mass is 32.1. The maximum absolute atomic E-state index is 14.1. The predicted octanol–water partition coefficient (Wildman–Crippen LogP) is 5.88. The first-order chi connectivity index (χ1) is 21.3. The third-order valence-electron chi connectivity index (χ3n) is 7.94. The Morgan fingerprint density at radius 2 is 1.64 bits per heavy atom. The number of fused-ring (bicyclic) bond motifs is 1. The van der Waals surface area contributed by atoms with E-state index in [9.17, 15) is 9.59 Å². The van der Waals surface area contributed by atoms with Gasteiger partial charge in [0.2, 0.25) is 0 Å². The lowest BCUT2D eigenvalue weighted by molar-refractivity contribution is -0.139. The summed E-state index contributed by atoms with van der Waals surface area (Å²) in [4.78, 5) is 32.6. The first-order valence-electron chi connectivity index (χ1n) is 14.5. The molecule has 0 radical (unpaired) electrons. The number of para-hydroxylation sites is 1. The number of methoxy groups -OCH3 is 1. The number of hydrogen-bond donors (Lipinski definition) is 0. The van der Waals surface area contributed by atoms with Crippen molar-refractivity contribution in [3.8, 4) is 22.6 Å². The molecule has 3 heterocycles. The van der Waals surface area contributed by atoms with Crippen molar-refractivity contribution in [2.45, 2.75) is 33.7 Å². The van der Waals surface area contributed by atoms with Gasteiger partial charge in [-0.15, -0.1) is 0 Å². The van der Waals surface area contributed by atoms with E-state index in [4.69, 9.17) is 14.5 Å². The highest BCUT2D eigenvalue weighted by molar-refractivity contribution is 7.07. The number of aryl methyl sites for hydroxylation is 1. The molecule has 0 N–H and O–H groups in total. The van der Waals surface area contributed by atoms with Crippen LogP contribution in [0.25, 0.3) is 22.9 Å². The van der Waals surface area contributed by atoms with E-state index in [0.717, 1.165) is 28.2 Å². The molecule has 7 nitrogen and oxygen atoms in total. The maximum Gasteiger partial charge on any atom is 0.338 e. The van der Waals surface area contributed by atoms with Crippen molar-refractivity contribution in [2.75, 3.05) is 13.7 Å². The highest BCUT2D eigenvalue weighted by Crippen LogP contribution is 2.35. The SMILES string of the molecule is CCOC(=O)C1=C(C)N=c2s/c(=C/c3cc(C)n(-c4ccc(-c5ccccc5)cc4)c3C)c(=O)n2C1c1ccccc1OC. The number of carbonyl (C=O) groups excluding carboxylic acids is 1. The number of esters is 1. The largest absolute Gasteiger partial charge is 0.496 e. The molecule has 2 aromatic heterocycles. The monoisotopic (exact) mass is 603 g/mol. The molecule has 1 atom stereocenters. The Balaban J connectivity index is 1.46. The minimum absolute atomic E-state index is 0.212. The van der Waals surface area contributed by atoms with E-state index in [-0.39, 0.29) is 12.2 Å². The Morgan fingerprint density at radius 1 is 0.955 bits per heavy atom. The van der Waals surface area contributed by atoms with Crippen LogP contribution < -0.4 is 19.6 Å². The minimum Gasteiger partial charge on any atom is -0.496 e. The van der Waals surface area contributed by atoms with E-state index in [0.29, 0.717) is 31.9 Å². The first-order valence-corrected chi connectivity index (χ1v) is 15.3. The summed E-state index contributed by atoms with van der Waals surface area (Å²) in [5.41, 5.74) is 7.70. The van der Waals surface area contributed by atoms with Crippen LogP contribution in [0.2, 0.25) is 0 Å². The molecule has 0 amide bonds. The summed E-state index contributed by atoms with van der Waals surface area (Å²) in [5.74, 6) is 0.0752. The van der Waals surface area contributed by atoms with Gasteiger partial charge in [-0.25, -0.2) is 9.79 Å². The van der Waals surface area contributed by atoms with Crippen LogP contribution in [-0.2, 0) is 9.53 Å². The molecule has 44 heavy (non-hydrogen) atoms. The highest BCUT2D eigenvalue weighted by Gasteiger charge is 2.35. The molecule has 0 fully saturated rings. The second-order valence-electron chi connectivity index (χ2n) is 10.6. The first kappa shape index (κ1) is 29.1. The number of benzene rings is 3. The number of hydrogen-bond acceptors (Lipinski definition) is 6. The second kappa shape index (κ2) is 12.0. The summed E-state index contributed by atoms with van der Waals surface area (Å²) in [5, 5.41) is 0. The molecule has 0 bridgehead atoms. The topological polar surface area (TPSA) is 74.8 Å². The van der Waals surface area contributed by atoms with Gasteiger partial charge in [-0.2, -0.15) is 0 Å². The molecule has 8 heteroatoms. The Bertz CT molecular complexity index is 2080. The Morgan fingerprint density at radius 3 is 2.34 bits per heavy atom. The van der Waals surface area contributed by atoms with Gasteiger partial charge in [-0.3, -0.25) is 9.36 Å². The smallest absolute Gasteiger partial charge is 0.338 e. The van der Waals surface area contributed by atoms with Crippen LogP contribution in [0.1, 0.15) is 42.4 Å². The molecular formula is C36H33N3O4S. The van der Waals surface area contributed by atoms with E-state index >= 15 is 0 Å². The number of nitrogens with zero attached hydrogens (tertiary/aromatic N) is 3. The van der Waals surface area contributed by atoms with E-state index in [2.05, 4.69) is 60.9 Å². The van der Waals surface area contributed by atoms with Crippen molar-refractivity contribution in [3.05, 3.63) is 138 Å². The zero-order valence-corrected chi connectivity index (χ0v) is 26.1. The molecule has 1 aliphatic heterocycles. The quantitative estimate of drug-likeness (QED) is 0.218. The van der Waals surface area contributed by atoms with Gasteiger partial charge in [0.05, 0.1) is 29.5 Å². The molecule has 0 saturated carbocycles.